The average Bonchev–Trinajstić information content (AvgIpc) is 2.62. The van der Waals surface area contributed by atoms with Gasteiger partial charge in [0.15, 0.2) is 0 Å². The number of amides is 1. The number of esters is 1. The summed E-state index contributed by atoms with van der Waals surface area (Å²) in [5, 5.41) is 13.8. The van der Waals surface area contributed by atoms with Crippen LogP contribution in [0.25, 0.3) is 0 Å². The Bertz CT molecular complexity index is 789. The molecule has 1 N–H and O–H groups in total. The summed E-state index contributed by atoms with van der Waals surface area (Å²) in [6.45, 7) is 3.56. The van der Waals surface area contributed by atoms with Gasteiger partial charge in [-0.25, -0.2) is 4.79 Å². The number of ether oxygens (including phenoxy) is 1. The molecule has 0 aliphatic carbocycles. The van der Waals surface area contributed by atoms with Gasteiger partial charge in [0.1, 0.15) is 0 Å². The number of benzene rings is 2. The third-order valence-electron chi connectivity index (χ3n) is 3.55. The van der Waals surface area contributed by atoms with E-state index in [1.807, 2.05) is 30.3 Å². The smallest absolute Gasteiger partial charge is 0.338 e. The standard InChI is InChI=1S/C18H18N2O5/c1-3-25-18(22)15-9-14(10-16(11-15)20(23)24)17(21)19-12(2)13-7-5-4-6-8-13/h4-12H,3H2,1-2H3,(H,19,21)/t12-/m1/s1. The maximum absolute atomic E-state index is 12.5. The topological polar surface area (TPSA) is 98.5 Å². The molecule has 0 aliphatic rings. The number of non-ortho nitro benzene ring substituents is 1. The lowest BCUT2D eigenvalue weighted by Crippen LogP contribution is -2.27. The summed E-state index contributed by atoms with van der Waals surface area (Å²) in [7, 11) is 0. The Morgan fingerprint density at radius 1 is 1.16 bits per heavy atom. The van der Waals surface area contributed by atoms with Crippen LogP contribution in [0.2, 0.25) is 0 Å². The van der Waals surface area contributed by atoms with Crippen LogP contribution >= 0.6 is 0 Å². The molecule has 7 nitrogen and oxygen atoms in total. The Balaban J connectivity index is 2.28. The molecular formula is C18H18N2O5. The van der Waals surface area contributed by atoms with E-state index in [9.17, 15) is 19.7 Å². The van der Waals surface area contributed by atoms with Crippen molar-refractivity contribution in [1.82, 2.24) is 5.32 Å². The van der Waals surface area contributed by atoms with Gasteiger partial charge in [-0.3, -0.25) is 14.9 Å². The number of carbonyl (C=O) groups excluding carboxylic acids is 2. The van der Waals surface area contributed by atoms with E-state index in [1.54, 1.807) is 13.8 Å². The molecule has 0 saturated heterocycles. The van der Waals surface area contributed by atoms with E-state index in [4.69, 9.17) is 4.74 Å². The molecule has 1 amide bonds. The molecule has 2 rings (SSSR count). The molecule has 1 atom stereocenters. The van der Waals surface area contributed by atoms with Crippen molar-refractivity contribution in [1.29, 1.82) is 0 Å². The monoisotopic (exact) mass is 342 g/mol. The minimum Gasteiger partial charge on any atom is -0.462 e. The minimum atomic E-state index is -0.712. The van der Waals surface area contributed by atoms with Crippen LogP contribution in [0.15, 0.2) is 48.5 Å². The Morgan fingerprint density at radius 2 is 1.80 bits per heavy atom. The van der Waals surface area contributed by atoms with Gasteiger partial charge in [-0.15, -0.1) is 0 Å². The summed E-state index contributed by atoms with van der Waals surface area (Å²) < 4.78 is 4.85. The zero-order valence-corrected chi connectivity index (χ0v) is 13.9. The fraction of sp³-hybridized carbons (Fsp3) is 0.222. The maximum atomic E-state index is 12.5. The van der Waals surface area contributed by atoms with Crippen molar-refractivity contribution in [2.24, 2.45) is 0 Å². The molecule has 0 fully saturated rings. The Hall–Kier alpha value is -3.22. The molecule has 0 unspecified atom stereocenters. The first kappa shape index (κ1) is 18.1. The predicted molar refractivity (Wildman–Crippen MR) is 91.4 cm³/mol. The number of nitro benzene ring substituents is 1. The third-order valence-corrected chi connectivity index (χ3v) is 3.55. The van der Waals surface area contributed by atoms with Crippen LogP contribution < -0.4 is 5.32 Å². The van der Waals surface area contributed by atoms with E-state index in [1.165, 1.54) is 6.07 Å². The van der Waals surface area contributed by atoms with Gasteiger partial charge < -0.3 is 10.1 Å². The molecule has 0 bridgehead atoms. The Labute approximate surface area is 144 Å². The SMILES string of the molecule is CCOC(=O)c1cc(C(=O)N[C@H](C)c2ccccc2)cc([N+](=O)[O-])c1. The summed E-state index contributed by atoms with van der Waals surface area (Å²) in [6, 6.07) is 12.5. The van der Waals surface area contributed by atoms with Crippen LogP contribution in [-0.2, 0) is 4.74 Å². The quantitative estimate of drug-likeness (QED) is 0.493. The molecule has 7 heteroatoms. The second-order valence-corrected chi connectivity index (χ2v) is 5.35. The first-order chi connectivity index (χ1) is 11.9. The number of nitrogens with one attached hydrogen (secondary N) is 1. The predicted octanol–water partition coefficient (Wildman–Crippen LogP) is 3.26. The van der Waals surface area contributed by atoms with Gasteiger partial charge in [0.05, 0.1) is 23.1 Å². The number of carbonyl (C=O) groups is 2. The van der Waals surface area contributed by atoms with Gasteiger partial charge in [0.25, 0.3) is 11.6 Å². The average molecular weight is 342 g/mol. The van der Waals surface area contributed by atoms with Crippen molar-refractivity contribution >= 4 is 17.6 Å². The molecule has 2 aromatic carbocycles. The third kappa shape index (κ3) is 4.63. The molecule has 0 saturated carbocycles. The van der Waals surface area contributed by atoms with Crippen LogP contribution in [0.3, 0.4) is 0 Å². The van der Waals surface area contributed by atoms with Crippen LogP contribution in [0.1, 0.15) is 46.2 Å². The number of hydrogen-bond donors (Lipinski definition) is 1. The minimum absolute atomic E-state index is 0.0278. The van der Waals surface area contributed by atoms with Crippen molar-refractivity contribution in [3.63, 3.8) is 0 Å². The second kappa shape index (κ2) is 8.05. The Kier molecular flexibility index (Phi) is 5.84. The molecule has 0 radical (unpaired) electrons. The maximum Gasteiger partial charge on any atom is 0.338 e. The number of nitro groups is 1. The fourth-order valence-corrected chi connectivity index (χ4v) is 2.28. The largest absolute Gasteiger partial charge is 0.462 e. The zero-order chi connectivity index (χ0) is 18.4. The highest BCUT2D eigenvalue weighted by atomic mass is 16.6. The number of hydrogen-bond acceptors (Lipinski definition) is 5. The van der Waals surface area contributed by atoms with E-state index in [-0.39, 0.29) is 29.5 Å². The molecule has 0 spiro atoms. The lowest BCUT2D eigenvalue weighted by Gasteiger charge is -2.14. The molecular weight excluding hydrogens is 324 g/mol. The second-order valence-electron chi connectivity index (χ2n) is 5.35. The molecule has 2 aromatic rings. The normalized spacial score (nSPS) is 11.4. The van der Waals surface area contributed by atoms with Gasteiger partial charge in [-0.2, -0.15) is 0 Å². The number of nitrogens with zero attached hydrogens (tertiary/aromatic N) is 1. The first-order valence-electron chi connectivity index (χ1n) is 7.74. The van der Waals surface area contributed by atoms with Gasteiger partial charge in [0.2, 0.25) is 0 Å². The zero-order valence-electron chi connectivity index (χ0n) is 13.9. The highest BCUT2D eigenvalue weighted by Crippen LogP contribution is 2.19. The lowest BCUT2D eigenvalue weighted by atomic mass is 10.1. The Morgan fingerprint density at radius 3 is 2.40 bits per heavy atom. The summed E-state index contributed by atoms with van der Waals surface area (Å²) in [6.07, 6.45) is 0. The molecule has 0 aromatic heterocycles. The van der Waals surface area contributed by atoms with Crippen LogP contribution in [0, 0.1) is 10.1 Å². The highest BCUT2D eigenvalue weighted by Gasteiger charge is 2.19. The fourth-order valence-electron chi connectivity index (χ4n) is 2.28. The highest BCUT2D eigenvalue weighted by molar-refractivity contribution is 5.99. The molecule has 0 aliphatic heterocycles. The van der Waals surface area contributed by atoms with Crippen LogP contribution in [-0.4, -0.2) is 23.4 Å². The molecule has 0 heterocycles. The van der Waals surface area contributed by atoms with Crippen molar-refractivity contribution in [2.45, 2.75) is 19.9 Å². The number of rotatable bonds is 6. The van der Waals surface area contributed by atoms with Gasteiger partial charge in [0, 0.05) is 17.7 Å². The van der Waals surface area contributed by atoms with Crippen molar-refractivity contribution in [2.75, 3.05) is 6.61 Å². The summed E-state index contributed by atoms with van der Waals surface area (Å²) >= 11 is 0. The van der Waals surface area contributed by atoms with Crippen LogP contribution in [0.5, 0.6) is 0 Å². The van der Waals surface area contributed by atoms with Gasteiger partial charge in [-0.1, -0.05) is 30.3 Å². The summed E-state index contributed by atoms with van der Waals surface area (Å²) in [5.74, 6) is -1.22. The molecule has 130 valence electrons. The van der Waals surface area contributed by atoms with E-state index < -0.39 is 16.8 Å². The van der Waals surface area contributed by atoms with Gasteiger partial charge in [-0.05, 0) is 25.5 Å². The first-order valence-corrected chi connectivity index (χ1v) is 7.74. The van der Waals surface area contributed by atoms with Crippen molar-refractivity contribution in [3.05, 3.63) is 75.3 Å². The van der Waals surface area contributed by atoms with Gasteiger partial charge >= 0.3 is 5.97 Å². The van der Waals surface area contributed by atoms with Crippen LogP contribution in [0.4, 0.5) is 5.69 Å². The van der Waals surface area contributed by atoms with E-state index in [0.29, 0.717) is 0 Å². The summed E-state index contributed by atoms with van der Waals surface area (Å²) in [4.78, 5) is 34.7. The van der Waals surface area contributed by atoms with E-state index in [0.717, 1.165) is 17.7 Å². The summed E-state index contributed by atoms with van der Waals surface area (Å²) in [5.41, 5.74) is 0.545. The molecule has 25 heavy (non-hydrogen) atoms. The lowest BCUT2D eigenvalue weighted by molar-refractivity contribution is -0.384. The van der Waals surface area contributed by atoms with E-state index in [2.05, 4.69) is 5.32 Å². The van der Waals surface area contributed by atoms with Crippen molar-refractivity contribution < 1.29 is 19.2 Å². The van der Waals surface area contributed by atoms with Crippen molar-refractivity contribution in [3.8, 4) is 0 Å². The van der Waals surface area contributed by atoms with E-state index >= 15 is 0 Å².